The number of primary amides is 1. The molecule has 5 N–H and O–H groups in total. The lowest BCUT2D eigenvalue weighted by Crippen LogP contribution is -2.61. The van der Waals surface area contributed by atoms with Gasteiger partial charge in [0.1, 0.15) is 25.3 Å². The molecule has 13 heteroatoms. The second-order valence-corrected chi connectivity index (χ2v) is 15.1. The fourth-order valence-electron chi connectivity index (χ4n) is 6.29. The van der Waals surface area contributed by atoms with Crippen LogP contribution >= 0.6 is 0 Å². The molecule has 1 unspecified atom stereocenters. The second-order valence-electron chi connectivity index (χ2n) is 15.1. The summed E-state index contributed by atoms with van der Waals surface area (Å²) in [6, 6.07) is 4.93. The van der Waals surface area contributed by atoms with E-state index in [4.69, 9.17) is 15.2 Å². The zero-order valence-electron chi connectivity index (χ0n) is 30.0. The van der Waals surface area contributed by atoms with Crippen LogP contribution in [0.25, 0.3) is 0 Å². The molecule has 0 spiro atoms. The Balaban J connectivity index is 1.71. The smallest absolute Gasteiger partial charge is 0.432 e. The summed E-state index contributed by atoms with van der Waals surface area (Å²) in [6.45, 7) is 13.3. The Hall–Kier alpha value is -4.16. The molecule has 1 saturated heterocycles. The van der Waals surface area contributed by atoms with Gasteiger partial charge in [-0.1, -0.05) is 98.1 Å². The van der Waals surface area contributed by atoms with Gasteiger partial charge in [-0.05, 0) is 47.5 Å². The molecule has 2 aliphatic rings. The molecule has 49 heavy (non-hydrogen) atoms. The standard InChI is InChI=1S/C36H55N5O8/c1-21(2)25-16-17-41(28(25)32(44)38-26(29(42)31(37)43)18-23-14-11-15-23)33(45)30(36(5,6)7)40-34(46)39-27(22(3)4)20-49-35(47)48-19-24-12-9-8-10-13-24/h8-10,12-13,21-23,25-28,30H,11,14-20H2,1-7H3,(H2,37,43)(H,38,44)(H2,39,40,46)/t25-,26?,27-,28+,30-/m1/s1. The molecule has 0 aromatic heterocycles. The molecule has 1 aliphatic carbocycles. The molecule has 13 nitrogen and oxygen atoms in total. The van der Waals surface area contributed by atoms with Crippen molar-refractivity contribution in [2.24, 2.45) is 34.8 Å². The lowest BCUT2D eigenvalue weighted by Gasteiger charge is -2.37. The zero-order chi connectivity index (χ0) is 36.5. The van der Waals surface area contributed by atoms with Crippen molar-refractivity contribution in [3.05, 3.63) is 35.9 Å². The minimum atomic E-state index is -1.11. The van der Waals surface area contributed by atoms with Gasteiger partial charge in [0, 0.05) is 6.54 Å². The monoisotopic (exact) mass is 685 g/mol. The molecule has 5 atom stereocenters. The first-order valence-electron chi connectivity index (χ1n) is 17.3. The van der Waals surface area contributed by atoms with E-state index in [0.717, 1.165) is 24.8 Å². The maximum Gasteiger partial charge on any atom is 0.508 e. The van der Waals surface area contributed by atoms with Crippen molar-refractivity contribution in [3.8, 4) is 0 Å². The van der Waals surface area contributed by atoms with E-state index in [1.165, 1.54) is 4.90 Å². The molecular weight excluding hydrogens is 630 g/mol. The van der Waals surface area contributed by atoms with Crippen molar-refractivity contribution in [1.82, 2.24) is 20.9 Å². The highest BCUT2D eigenvalue weighted by atomic mass is 16.7. The fourth-order valence-corrected chi connectivity index (χ4v) is 6.29. The molecule has 1 heterocycles. The first kappa shape index (κ1) is 39.3. The third kappa shape index (κ3) is 11.2. The normalized spacial score (nSPS) is 19.7. The van der Waals surface area contributed by atoms with Gasteiger partial charge in [0.05, 0.1) is 12.1 Å². The van der Waals surface area contributed by atoms with Gasteiger partial charge in [-0.25, -0.2) is 9.59 Å². The molecule has 0 radical (unpaired) electrons. The van der Waals surface area contributed by atoms with Crippen LogP contribution < -0.4 is 21.7 Å². The molecule has 272 valence electrons. The summed E-state index contributed by atoms with van der Waals surface area (Å²) >= 11 is 0. The molecule has 3 rings (SSSR count). The lowest BCUT2D eigenvalue weighted by atomic mass is 9.80. The summed E-state index contributed by atoms with van der Waals surface area (Å²) in [5.41, 5.74) is 5.37. The number of ether oxygens (including phenoxy) is 2. The molecule has 2 fully saturated rings. The van der Waals surface area contributed by atoms with Gasteiger partial charge < -0.3 is 36.1 Å². The number of Topliss-reactive ketones (excluding diaryl/α,β-unsaturated/α-hetero) is 1. The number of rotatable bonds is 15. The number of likely N-dealkylation sites (tertiary alicyclic amines) is 1. The van der Waals surface area contributed by atoms with Gasteiger partial charge in [0.15, 0.2) is 0 Å². The molecule has 0 bridgehead atoms. The van der Waals surface area contributed by atoms with Crippen LogP contribution in [0.15, 0.2) is 30.3 Å². The van der Waals surface area contributed by atoms with E-state index in [1.54, 1.807) is 0 Å². The van der Waals surface area contributed by atoms with Crippen molar-refractivity contribution in [2.75, 3.05) is 13.2 Å². The number of hydrogen-bond acceptors (Lipinski definition) is 8. The molecule has 5 amide bonds. The van der Waals surface area contributed by atoms with Crippen LogP contribution in [0.1, 0.15) is 86.1 Å². The zero-order valence-corrected chi connectivity index (χ0v) is 30.0. The van der Waals surface area contributed by atoms with Gasteiger partial charge in [-0.2, -0.15) is 0 Å². The average molecular weight is 686 g/mol. The number of carbonyl (C=O) groups is 6. The number of nitrogens with two attached hydrogens (primary N) is 1. The van der Waals surface area contributed by atoms with E-state index >= 15 is 0 Å². The highest BCUT2D eigenvalue weighted by molar-refractivity contribution is 6.37. The Bertz CT molecular complexity index is 1320. The minimum absolute atomic E-state index is 0.0287. The van der Waals surface area contributed by atoms with Crippen molar-refractivity contribution in [1.29, 1.82) is 0 Å². The number of amides is 5. The predicted octanol–water partition coefficient (Wildman–Crippen LogP) is 3.68. The SMILES string of the molecule is CC(C)[C@H]1CCN(C(=O)[C@@H](NC(=O)N[C@H](COC(=O)OCc2ccccc2)C(C)C)C(C)(C)C)[C@@H]1C(=O)NC(CC1CCC1)C(=O)C(N)=O. The topological polar surface area (TPSA) is 186 Å². The quantitative estimate of drug-likeness (QED) is 0.159. The number of urea groups is 1. The Morgan fingerprint density at radius 3 is 2.10 bits per heavy atom. The lowest BCUT2D eigenvalue weighted by molar-refractivity contribution is -0.144. The first-order chi connectivity index (χ1) is 23.0. The number of nitrogens with zero attached hydrogens (tertiary/aromatic N) is 1. The summed E-state index contributed by atoms with van der Waals surface area (Å²) in [4.78, 5) is 79.8. The van der Waals surface area contributed by atoms with E-state index in [9.17, 15) is 28.8 Å². The first-order valence-corrected chi connectivity index (χ1v) is 17.3. The van der Waals surface area contributed by atoms with Crippen LogP contribution in [0.4, 0.5) is 9.59 Å². The predicted molar refractivity (Wildman–Crippen MR) is 183 cm³/mol. The van der Waals surface area contributed by atoms with Crippen LogP contribution in [0.3, 0.4) is 0 Å². The van der Waals surface area contributed by atoms with Crippen molar-refractivity contribution < 1.29 is 38.2 Å². The molecule has 1 saturated carbocycles. The van der Waals surface area contributed by atoms with Gasteiger partial charge in [0.25, 0.3) is 5.91 Å². The number of benzene rings is 1. The second kappa shape index (κ2) is 17.5. The van der Waals surface area contributed by atoms with Gasteiger partial charge >= 0.3 is 12.2 Å². The molecule has 1 aromatic carbocycles. The average Bonchev–Trinajstić information content (AvgIpc) is 3.47. The van der Waals surface area contributed by atoms with Crippen molar-refractivity contribution >= 4 is 35.7 Å². The van der Waals surface area contributed by atoms with Crippen molar-refractivity contribution in [2.45, 2.75) is 111 Å². The van der Waals surface area contributed by atoms with Crippen molar-refractivity contribution in [3.63, 3.8) is 0 Å². The van der Waals surface area contributed by atoms with Crippen LogP contribution in [0, 0.1) is 29.1 Å². The van der Waals surface area contributed by atoms with E-state index in [1.807, 2.05) is 78.8 Å². The van der Waals surface area contributed by atoms with Crippen LogP contribution in [-0.4, -0.2) is 77.9 Å². The maximum atomic E-state index is 14.3. The van der Waals surface area contributed by atoms with E-state index in [-0.39, 0.29) is 43.4 Å². The largest absolute Gasteiger partial charge is 0.508 e. The Morgan fingerprint density at radius 1 is 0.918 bits per heavy atom. The third-order valence-corrected chi connectivity index (χ3v) is 9.61. The Labute approximate surface area is 289 Å². The highest BCUT2D eigenvalue weighted by Crippen LogP contribution is 2.34. The number of nitrogens with one attached hydrogen (secondary N) is 3. The van der Waals surface area contributed by atoms with Gasteiger partial charge in [-0.15, -0.1) is 0 Å². The van der Waals surface area contributed by atoms with E-state index in [2.05, 4.69) is 16.0 Å². The van der Waals surface area contributed by atoms with Gasteiger partial charge in [-0.3, -0.25) is 19.2 Å². The summed E-state index contributed by atoms with van der Waals surface area (Å²) in [5, 5.41) is 8.40. The van der Waals surface area contributed by atoms with Crippen LogP contribution in [0.5, 0.6) is 0 Å². The van der Waals surface area contributed by atoms with E-state index < -0.39 is 65.3 Å². The Kier molecular flexibility index (Phi) is 14.0. The van der Waals surface area contributed by atoms with Gasteiger partial charge in [0.2, 0.25) is 17.6 Å². The van der Waals surface area contributed by atoms with E-state index in [0.29, 0.717) is 12.8 Å². The summed E-state index contributed by atoms with van der Waals surface area (Å²) in [7, 11) is 0. The number of hydrogen-bond donors (Lipinski definition) is 4. The molecule has 1 aliphatic heterocycles. The summed E-state index contributed by atoms with van der Waals surface area (Å²) in [5.74, 6) is -3.02. The number of carbonyl (C=O) groups excluding carboxylic acids is 6. The summed E-state index contributed by atoms with van der Waals surface area (Å²) < 4.78 is 10.5. The maximum absolute atomic E-state index is 14.3. The van der Waals surface area contributed by atoms with Crippen LogP contribution in [-0.2, 0) is 35.3 Å². The number of ketones is 1. The third-order valence-electron chi connectivity index (χ3n) is 9.61. The fraction of sp³-hybridized carbons (Fsp3) is 0.667. The Morgan fingerprint density at radius 2 is 1.57 bits per heavy atom. The minimum Gasteiger partial charge on any atom is -0.432 e. The summed E-state index contributed by atoms with van der Waals surface area (Å²) in [6.07, 6.45) is 2.84. The highest BCUT2D eigenvalue weighted by Gasteiger charge is 2.48. The molecular formula is C36H55N5O8. The van der Waals surface area contributed by atoms with Crippen LogP contribution in [0.2, 0.25) is 0 Å². The molecule has 1 aromatic rings.